The maximum absolute atomic E-state index is 12.3. The Kier molecular flexibility index (Phi) is 2.98. The number of rotatable bonds is 1. The van der Waals surface area contributed by atoms with Crippen LogP contribution in [0.1, 0.15) is 10.6 Å². The molecule has 0 bridgehead atoms. The largest absolute Gasteiger partial charge is 0.451 e. The Bertz CT molecular complexity index is 750. The second kappa shape index (κ2) is 4.80. The number of benzene rings is 1. The Morgan fingerprint density at radius 1 is 1.25 bits per heavy atom. The fourth-order valence-electron chi connectivity index (χ4n) is 2.18. The van der Waals surface area contributed by atoms with Crippen LogP contribution in [0.4, 0.5) is 0 Å². The van der Waals surface area contributed by atoms with Crippen LogP contribution in [0.3, 0.4) is 0 Å². The van der Waals surface area contributed by atoms with E-state index in [1.54, 1.807) is 24.3 Å². The number of hydrogen-bond donors (Lipinski definition) is 1. The van der Waals surface area contributed by atoms with Gasteiger partial charge in [-0.1, -0.05) is 12.1 Å². The highest BCUT2D eigenvalue weighted by Crippen LogP contribution is 2.13. The predicted molar refractivity (Wildman–Crippen MR) is 71.4 cm³/mol. The van der Waals surface area contributed by atoms with E-state index in [0.717, 1.165) is 0 Å². The molecule has 0 radical (unpaired) electrons. The first-order valence-corrected chi connectivity index (χ1v) is 6.24. The van der Waals surface area contributed by atoms with Crippen LogP contribution in [0.25, 0.3) is 11.0 Å². The lowest BCUT2D eigenvalue weighted by atomic mass is 10.2. The van der Waals surface area contributed by atoms with Gasteiger partial charge in [0.25, 0.3) is 5.91 Å². The van der Waals surface area contributed by atoms with Crippen molar-refractivity contribution >= 4 is 22.8 Å². The zero-order valence-electron chi connectivity index (χ0n) is 10.6. The third-order valence-corrected chi connectivity index (χ3v) is 3.17. The molecule has 1 aromatic heterocycles. The Labute approximate surface area is 114 Å². The van der Waals surface area contributed by atoms with Gasteiger partial charge in [0.2, 0.25) is 5.91 Å². The van der Waals surface area contributed by atoms with Crippen LogP contribution in [0, 0.1) is 0 Å². The summed E-state index contributed by atoms with van der Waals surface area (Å²) in [5.74, 6) is -0.696. The van der Waals surface area contributed by atoms with Crippen molar-refractivity contribution < 1.29 is 14.0 Å². The van der Waals surface area contributed by atoms with Crippen LogP contribution in [-0.2, 0) is 4.79 Å². The van der Waals surface area contributed by atoms with E-state index in [4.69, 9.17) is 4.42 Å². The van der Waals surface area contributed by atoms with Crippen molar-refractivity contribution in [3.05, 3.63) is 46.3 Å². The van der Waals surface area contributed by atoms with E-state index in [1.807, 2.05) is 0 Å². The minimum atomic E-state index is -0.442. The van der Waals surface area contributed by atoms with Gasteiger partial charge in [-0.3, -0.25) is 14.4 Å². The molecule has 1 N–H and O–H groups in total. The van der Waals surface area contributed by atoms with Crippen molar-refractivity contribution in [2.24, 2.45) is 0 Å². The van der Waals surface area contributed by atoms with Gasteiger partial charge in [-0.25, -0.2) is 0 Å². The summed E-state index contributed by atoms with van der Waals surface area (Å²) in [6, 6.07) is 7.92. The molecule has 6 heteroatoms. The number of fused-ring (bicyclic) bond motifs is 1. The van der Waals surface area contributed by atoms with Gasteiger partial charge in [-0.15, -0.1) is 0 Å². The van der Waals surface area contributed by atoms with E-state index in [9.17, 15) is 14.4 Å². The second-order valence-corrected chi connectivity index (χ2v) is 4.55. The molecule has 2 amide bonds. The number of carbonyl (C=O) groups is 2. The smallest absolute Gasteiger partial charge is 0.290 e. The number of para-hydroxylation sites is 1. The van der Waals surface area contributed by atoms with Crippen molar-refractivity contribution in [1.29, 1.82) is 0 Å². The number of hydrogen-bond acceptors (Lipinski definition) is 4. The second-order valence-electron chi connectivity index (χ2n) is 4.55. The average Bonchev–Trinajstić information content (AvgIpc) is 2.46. The van der Waals surface area contributed by atoms with Crippen molar-refractivity contribution in [3.8, 4) is 0 Å². The summed E-state index contributed by atoms with van der Waals surface area (Å²) in [5.41, 5.74) is 0.0986. The van der Waals surface area contributed by atoms with Gasteiger partial charge < -0.3 is 14.6 Å². The number of nitrogens with one attached hydrogen (secondary N) is 1. The van der Waals surface area contributed by atoms with E-state index in [1.165, 1.54) is 11.0 Å². The van der Waals surface area contributed by atoms with Gasteiger partial charge in [-0.05, 0) is 12.1 Å². The Morgan fingerprint density at radius 2 is 2.05 bits per heavy atom. The lowest BCUT2D eigenvalue weighted by Gasteiger charge is -2.25. The minimum Gasteiger partial charge on any atom is -0.451 e. The summed E-state index contributed by atoms with van der Waals surface area (Å²) in [6.45, 7) is 0.791. The quantitative estimate of drug-likeness (QED) is 0.813. The molecular formula is C14H12N2O4. The number of nitrogens with zero attached hydrogens (tertiary/aromatic N) is 1. The highest BCUT2D eigenvalue weighted by Gasteiger charge is 2.24. The highest BCUT2D eigenvalue weighted by atomic mass is 16.3. The van der Waals surface area contributed by atoms with Gasteiger partial charge in [-0.2, -0.15) is 0 Å². The topological polar surface area (TPSA) is 79.6 Å². The highest BCUT2D eigenvalue weighted by molar-refractivity contribution is 5.96. The molecule has 1 aliphatic heterocycles. The van der Waals surface area contributed by atoms with E-state index in [-0.39, 0.29) is 23.6 Å². The van der Waals surface area contributed by atoms with Gasteiger partial charge in [0, 0.05) is 19.2 Å². The lowest BCUT2D eigenvalue weighted by Crippen LogP contribution is -2.50. The fraction of sp³-hybridized carbons (Fsp3) is 0.214. The summed E-state index contributed by atoms with van der Waals surface area (Å²) in [6.07, 6.45) is 0. The average molecular weight is 272 g/mol. The summed E-state index contributed by atoms with van der Waals surface area (Å²) >= 11 is 0. The molecule has 1 fully saturated rings. The van der Waals surface area contributed by atoms with Crippen molar-refractivity contribution in [2.45, 2.75) is 0 Å². The van der Waals surface area contributed by atoms with Crippen LogP contribution in [0.15, 0.2) is 39.5 Å². The molecule has 20 heavy (non-hydrogen) atoms. The molecule has 0 unspecified atom stereocenters. The summed E-state index contributed by atoms with van der Waals surface area (Å²) in [4.78, 5) is 36.9. The summed E-state index contributed by atoms with van der Waals surface area (Å²) in [5, 5.41) is 3.07. The normalized spacial score (nSPS) is 15.2. The third-order valence-electron chi connectivity index (χ3n) is 3.17. The molecule has 2 aromatic rings. The first-order valence-electron chi connectivity index (χ1n) is 6.24. The maximum Gasteiger partial charge on any atom is 0.290 e. The molecule has 0 saturated carbocycles. The third kappa shape index (κ3) is 2.16. The Hall–Kier alpha value is -2.63. The molecule has 2 heterocycles. The van der Waals surface area contributed by atoms with E-state index in [2.05, 4.69) is 5.32 Å². The predicted octanol–water partition coefficient (Wildman–Crippen LogP) is 0.365. The number of carbonyl (C=O) groups excluding carboxylic acids is 2. The Morgan fingerprint density at radius 3 is 2.85 bits per heavy atom. The van der Waals surface area contributed by atoms with Crippen LogP contribution < -0.4 is 10.7 Å². The molecule has 0 spiro atoms. The molecule has 0 aliphatic carbocycles. The zero-order valence-corrected chi connectivity index (χ0v) is 10.6. The standard InChI is InChI=1S/C14H12N2O4/c17-10-7-12(20-11-4-2-1-3-9(10)11)14(19)16-6-5-15-13(18)8-16/h1-4,7H,5-6,8H2,(H,15,18). The number of piperazine rings is 1. The van der Waals surface area contributed by atoms with Crippen molar-refractivity contribution in [3.63, 3.8) is 0 Å². The fourth-order valence-corrected chi connectivity index (χ4v) is 2.18. The van der Waals surface area contributed by atoms with Gasteiger partial charge in [0.05, 0.1) is 5.39 Å². The molecule has 102 valence electrons. The first-order chi connectivity index (χ1) is 9.65. The SMILES string of the molecule is O=C1CN(C(=O)c2cc(=O)c3ccccc3o2)CCN1. The van der Waals surface area contributed by atoms with Crippen molar-refractivity contribution in [1.82, 2.24) is 10.2 Å². The molecule has 1 aliphatic rings. The molecule has 1 aromatic carbocycles. The van der Waals surface area contributed by atoms with Crippen molar-refractivity contribution in [2.75, 3.05) is 19.6 Å². The minimum absolute atomic E-state index is 0.0185. The molecule has 1 saturated heterocycles. The molecule has 0 atom stereocenters. The number of amides is 2. The van der Waals surface area contributed by atoms with Crippen LogP contribution in [-0.4, -0.2) is 36.3 Å². The summed E-state index contributed by atoms with van der Waals surface area (Å²) < 4.78 is 5.47. The molecule has 6 nitrogen and oxygen atoms in total. The molecule has 3 rings (SSSR count). The van der Waals surface area contributed by atoms with E-state index < -0.39 is 5.91 Å². The van der Waals surface area contributed by atoms with Gasteiger partial charge in [0.1, 0.15) is 12.1 Å². The van der Waals surface area contributed by atoms with Gasteiger partial charge >= 0.3 is 0 Å². The van der Waals surface area contributed by atoms with Crippen LogP contribution in [0.5, 0.6) is 0 Å². The zero-order chi connectivity index (χ0) is 14.1. The van der Waals surface area contributed by atoms with E-state index >= 15 is 0 Å². The van der Waals surface area contributed by atoms with E-state index in [0.29, 0.717) is 24.1 Å². The van der Waals surface area contributed by atoms with Crippen LogP contribution in [0.2, 0.25) is 0 Å². The summed E-state index contributed by atoms with van der Waals surface area (Å²) in [7, 11) is 0. The Balaban J connectivity index is 1.99. The first kappa shape index (κ1) is 12.4. The maximum atomic E-state index is 12.3. The monoisotopic (exact) mass is 272 g/mol. The lowest BCUT2D eigenvalue weighted by molar-refractivity contribution is -0.123. The van der Waals surface area contributed by atoms with Gasteiger partial charge in [0.15, 0.2) is 11.2 Å². The van der Waals surface area contributed by atoms with Crippen LogP contribution >= 0.6 is 0 Å². The molecular weight excluding hydrogens is 260 g/mol.